The molecule has 1 aromatic rings. The molecule has 3 saturated carbocycles. The summed E-state index contributed by atoms with van der Waals surface area (Å²) >= 11 is 0. The zero-order chi connectivity index (χ0) is 17.3. The highest BCUT2D eigenvalue weighted by Gasteiger charge is 2.45. The van der Waals surface area contributed by atoms with Gasteiger partial charge >= 0.3 is 0 Å². The number of hydrogen-bond donors (Lipinski definition) is 2. The summed E-state index contributed by atoms with van der Waals surface area (Å²) in [5, 5.41) is 15.6. The Morgan fingerprint density at radius 2 is 1.84 bits per heavy atom. The van der Waals surface area contributed by atoms with Crippen molar-refractivity contribution in [3.63, 3.8) is 0 Å². The Labute approximate surface area is 150 Å². The maximum atomic E-state index is 12.8. The first-order valence-corrected chi connectivity index (χ1v) is 10.1. The number of carbonyl (C=O) groups excluding carboxylic acids is 1. The summed E-state index contributed by atoms with van der Waals surface area (Å²) in [6, 6.07) is 0.0230. The Morgan fingerprint density at radius 1 is 1.16 bits per heavy atom. The first kappa shape index (κ1) is 17.0. The molecule has 1 amide bonds. The van der Waals surface area contributed by atoms with Crippen molar-refractivity contribution < 1.29 is 4.79 Å². The van der Waals surface area contributed by atoms with Crippen molar-refractivity contribution in [3.8, 4) is 0 Å². The predicted octanol–water partition coefficient (Wildman–Crippen LogP) is 2.87. The smallest absolute Gasteiger partial charge is 0.223 e. The van der Waals surface area contributed by atoms with E-state index >= 15 is 0 Å². The second kappa shape index (κ2) is 7.06. The van der Waals surface area contributed by atoms with Gasteiger partial charge in [-0.3, -0.25) is 10.1 Å². The van der Waals surface area contributed by atoms with Gasteiger partial charge in [-0.05, 0) is 51.5 Å². The maximum absolute atomic E-state index is 12.8. The largest absolute Gasteiger partial charge is 0.347 e. The lowest BCUT2D eigenvalue weighted by molar-refractivity contribution is -0.126. The van der Waals surface area contributed by atoms with Crippen LogP contribution in [-0.4, -0.2) is 27.9 Å². The van der Waals surface area contributed by atoms with Gasteiger partial charge in [0, 0.05) is 5.92 Å². The molecular formula is C19H31N5O. The Bertz CT molecular complexity index is 597. The molecule has 1 unspecified atom stereocenters. The molecule has 1 aromatic heterocycles. The molecule has 6 heteroatoms. The lowest BCUT2D eigenvalue weighted by Crippen LogP contribution is -2.37. The van der Waals surface area contributed by atoms with Gasteiger partial charge < -0.3 is 5.32 Å². The minimum absolute atomic E-state index is 0.0230. The molecule has 1 atom stereocenters. The van der Waals surface area contributed by atoms with Gasteiger partial charge in [0.2, 0.25) is 5.91 Å². The van der Waals surface area contributed by atoms with Gasteiger partial charge in [0.25, 0.3) is 0 Å². The van der Waals surface area contributed by atoms with E-state index in [1.807, 2.05) is 11.7 Å². The third-order valence-electron chi connectivity index (χ3n) is 6.60. The van der Waals surface area contributed by atoms with E-state index in [-0.39, 0.29) is 23.5 Å². The minimum Gasteiger partial charge on any atom is -0.347 e. The van der Waals surface area contributed by atoms with Crippen molar-refractivity contribution in [1.82, 2.24) is 25.6 Å². The fourth-order valence-corrected chi connectivity index (χ4v) is 4.70. The van der Waals surface area contributed by atoms with Crippen LogP contribution in [0.25, 0.3) is 0 Å². The number of hydrogen-bond acceptors (Lipinski definition) is 4. The van der Waals surface area contributed by atoms with Crippen LogP contribution in [0.5, 0.6) is 0 Å². The van der Waals surface area contributed by atoms with E-state index in [4.69, 9.17) is 0 Å². The summed E-state index contributed by atoms with van der Waals surface area (Å²) in [4.78, 5) is 12.8. The van der Waals surface area contributed by atoms with Crippen LogP contribution >= 0.6 is 0 Å². The van der Waals surface area contributed by atoms with Gasteiger partial charge in [0.15, 0.2) is 0 Å². The summed E-state index contributed by atoms with van der Waals surface area (Å²) in [5.74, 6) is 0.930. The van der Waals surface area contributed by atoms with E-state index in [1.54, 1.807) is 0 Å². The molecule has 0 saturated heterocycles. The summed E-state index contributed by atoms with van der Waals surface area (Å²) in [6.07, 6.45) is 14.9. The Balaban J connectivity index is 1.53. The van der Waals surface area contributed by atoms with Crippen molar-refractivity contribution in [3.05, 3.63) is 11.9 Å². The van der Waals surface area contributed by atoms with E-state index < -0.39 is 0 Å². The zero-order valence-corrected chi connectivity index (χ0v) is 15.3. The number of nitrogens with one attached hydrogen (secondary N) is 2. The molecule has 138 valence electrons. The number of nitrogens with zero attached hydrogens (tertiary/aromatic N) is 3. The van der Waals surface area contributed by atoms with Gasteiger partial charge in [0.05, 0.1) is 12.2 Å². The first-order valence-electron chi connectivity index (χ1n) is 10.1. The molecule has 6 nitrogen and oxygen atoms in total. The summed E-state index contributed by atoms with van der Waals surface area (Å²) < 4.78 is 1.97. The SMILES string of the molecule is CNC1(n2cc(C(NC(=O)C3CCCC3)C3CCCCC3)nn2)CC1. The molecule has 0 radical (unpaired) electrons. The Morgan fingerprint density at radius 3 is 2.48 bits per heavy atom. The number of aromatic nitrogens is 3. The first-order chi connectivity index (χ1) is 12.2. The van der Waals surface area contributed by atoms with Crippen LogP contribution in [0.4, 0.5) is 0 Å². The lowest BCUT2D eigenvalue weighted by atomic mass is 9.82. The van der Waals surface area contributed by atoms with E-state index in [9.17, 15) is 4.79 Å². The minimum atomic E-state index is -0.0438. The number of carbonyl (C=O) groups is 1. The molecule has 3 aliphatic rings. The van der Waals surface area contributed by atoms with Gasteiger partial charge in [-0.1, -0.05) is 37.3 Å². The molecule has 0 aromatic carbocycles. The molecule has 4 rings (SSSR count). The van der Waals surface area contributed by atoms with Crippen LogP contribution in [0.1, 0.15) is 82.4 Å². The third kappa shape index (κ3) is 3.46. The van der Waals surface area contributed by atoms with Gasteiger partial charge in [-0.2, -0.15) is 0 Å². The van der Waals surface area contributed by atoms with Crippen molar-refractivity contribution in [2.75, 3.05) is 7.05 Å². The van der Waals surface area contributed by atoms with Gasteiger partial charge in [0.1, 0.15) is 11.4 Å². The van der Waals surface area contributed by atoms with Crippen LogP contribution in [-0.2, 0) is 10.5 Å². The topological polar surface area (TPSA) is 71.8 Å². The number of rotatable bonds is 6. The number of amides is 1. The van der Waals surface area contributed by atoms with E-state index in [2.05, 4.69) is 27.1 Å². The second-order valence-electron chi connectivity index (χ2n) is 8.24. The predicted molar refractivity (Wildman–Crippen MR) is 95.7 cm³/mol. The summed E-state index contributed by atoms with van der Waals surface area (Å²) in [7, 11) is 1.98. The van der Waals surface area contributed by atoms with Gasteiger partial charge in [-0.15, -0.1) is 5.10 Å². The standard InChI is InChI=1S/C19H31N5O/c1-20-19(11-12-19)24-13-16(22-23-24)17(14-7-3-2-4-8-14)21-18(25)15-9-5-6-10-15/h13-15,17,20H,2-12H2,1H3,(H,21,25). The van der Waals surface area contributed by atoms with Crippen LogP contribution in [0, 0.1) is 11.8 Å². The van der Waals surface area contributed by atoms with Crippen molar-refractivity contribution in [2.45, 2.75) is 82.3 Å². The summed E-state index contributed by atoms with van der Waals surface area (Å²) in [6.45, 7) is 0. The normalized spacial score (nSPS) is 25.0. The zero-order valence-electron chi connectivity index (χ0n) is 15.3. The molecule has 3 fully saturated rings. The van der Waals surface area contributed by atoms with Crippen LogP contribution in [0.3, 0.4) is 0 Å². The monoisotopic (exact) mass is 345 g/mol. The van der Waals surface area contributed by atoms with E-state index in [0.29, 0.717) is 5.92 Å². The molecule has 2 N–H and O–H groups in total. The average Bonchev–Trinajstić information content (AvgIpc) is 3.05. The Kier molecular flexibility index (Phi) is 4.80. The molecular weight excluding hydrogens is 314 g/mol. The van der Waals surface area contributed by atoms with Crippen molar-refractivity contribution >= 4 is 5.91 Å². The second-order valence-corrected chi connectivity index (χ2v) is 8.24. The van der Waals surface area contributed by atoms with E-state index in [1.165, 1.54) is 44.9 Å². The fourth-order valence-electron chi connectivity index (χ4n) is 4.70. The molecule has 0 aliphatic heterocycles. The molecule has 0 bridgehead atoms. The van der Waals surface area contributed by atoms with E-state index in [0.717, 1.165) is 31.4 Å². The third-order valence-corrected chi connectivity index (χ3v) is 6.60. The molecule has 25 heavy (non-hydrogen) atoms. The van der Waals surface area contributed by atoms with Crippen molar-refractivity contribution in [1.29, 1.82) is 0 Å². The van der Waals surface area contributed by atoms with Crippen LogP contribution < -0.4 is 10.6 Å². The highest BCUT2D eigenvalue weighted by atomic mass is 16.2. The highest BCUT2D eigenvalue weighted by Crippen LogP contribution is 2.40. The van der Waals surface area contributed by atoms with Crippen LogP contribution in [0.15, 0.2) is 6.20 Å². The average molecular weight is 345 g/mol. The Hall–Kier alpha value is -1.43. The quantitative estimate of drug-likeness (QED) is 0.831. The highest BCUT2D eigenvalue weighted by molar-refractivity contribution is 5.79. The molecule has 1 heterocycles. The van der Waals surface area contributed by atoms with Crippen molar-refractivity contribution in [2.24, 2.45) is 11.8 Å². The lowest BCUT2D eigenvalue weighted by Gasteiger charge is -2.30. The molecule has 0 spiro atoms. The van der Waals surface area contributed by atoms with Gasteiger partial charge in [-0.25, -0.2) is 4.68 Å². The maximum Gasteiger partial charge on any atom is 0.223 e. The van der Waals surface area contributed by atoms with Crippen LogP contribution in [0.2, 0.25) is 0 Å². The molecule has 3 aliphatic carbocycles. The summed E-state index contributed by atoms with van der Waals surface area (Å²) in [5.41, 5.74) is 0.900. The fraction of sp³-hybridized carbons (Fsp3) is 0.842.